The molecule has 2 rings (SSSR count). The van der Waals surface area contributed by atoms with Crippen LogP contribution in [0.25, 0.3) is 0 Å². The second kappa shape index (κ2) is 11.2. The molecule has 1 heterocycles. The molecule has 1 N–H and O–H groups in total. The lowest BCUT2D eigenvalue weighted by Gasteiger charge is -2.13. The van der Waals surface area contributed by atoms with Gasteiger partial charge in [-0.3, -0.25) is 0 Å². The van der Waals surface area contributed by atoms with Crippen molar-refractivity contribution in [1.82, 2.24) is 25.5 Å². The van der Waals surface area contributed by atoms with Crippen molar-refractivity contribution in [3.8, 4) is 11.5 Å². The lowest BCUT2D eigenvalue weighted by molar-refractivity contribution is 0.326. The highest BCUT2D eigenvalue weighted by Crippen LogP contribution is 2.36. The van der Waals surface area contributed by atoms with Gasteiger partial charge in [0.25, 0.3) is 0 Å². The Balaban J connectivity index is 0.00000312. The number of hydrogen-bond acceptors (Lipinski definition) is 7. The van der Waals surface area contributed by atoms with E-state index in [0.29, 0.717) is 29.7 Å². The molecule has 0 saturated carbocycles. The Kier molecular flexibility index (Phi) is 9.66. The number of methoxy groups -OCH3 is 1. The third-order valence-electron chi connectivity index (χ3n) is 3.06. The van der Waals surface area contributed by atoms with Gasteiger partial charge >= 0.3 is 0 Å². The second-order valence-corrected chi connectivity index (χ2v) is 6.29. The number of aromatic nitrogens is 4. The van der Waals surface area contributed by atoms with Crippen molar-refractivity contribution in [2.24, 2.45) is 7.05 Å². The summed E-state index contributed by atoms with van der Waals surface area (Å²) >= 11 is 7.87. The third-order valence-corrected chi connectivity index (χ3v) is 4.35. The Morgan fingerprint density at radius 2 is 2.24 bits per heavy atom. The van der Waals surface area contributed by atoms with E-state index in [2.05, 4.69) is 27.4 Å². The first-order valence-electron chi connectivity index (χ1n) is 7.31. The van der Waals surface area contributed by atoms with E-state index < -0.39 is 0 Å². The molecule has 7 nitrogen and oxygen atoms in total. The molecule has 0 amide bonds. The average molecular weight is 406 g/mol. The van der Waals surface area contributed by atoms with Gasteiger partial charge in [0.15, 0.2) is 11.5 Å². The minimum absolute atomic E-state index is 0. The molecule has 0 unspecified atom stereocenters. The molecule has 1 aromatic heterocycles. The summed E-state index contributed by atoms with van der Waals surface area (Å²) < 4.78 is 12.5. The molecule has 10 heteroatoms. The van der Waals surface area contributed by atoms with Gasteiger partial charge in [0, 0.05) is 25.9 Å². The Morgan fingerprint density at radius 1 is 1.44 bits per heavy atom. The zero-order valence-corrected chi connectivity index (χ0v) is 16.5. The van der Waals surface area contributed by atoms with Crippen LogP contribution in [0.5, 0.6) is 11.5 Å². The molecule has 0 atom stereocenters. The highest BCUT2D eigenvalue weighted by atomic mass is 35.5. The summed E-state index contributed by atoms with van der Waals surface area (Å²) in [5.74, 6) is 2.01. The van der Waals surface area contributed by atoms with E-state index in [-0.39, 0.29) is 12.4 Å². The molecule has 0 aliphatic carbocycles. The van der Waals surface area contributed by atoms with Crippen LogP contribution in [-0.4, -0.2) is 46.2 Å². The summed E-state index contributed by atoms with van der Waals surface area (Å²) in [6.07, 6.45) is 1.66. The first-order valence-corrected chi connectivity index (χ1v) is 8.68. The molecule has 0 aliphatic rings. The lowest BCUT2D eigenvalue weighted by atomic mass is 10.2. The molecule has 0 fully saturated rings. The Hall–Kier alpha value is -1.48. The van der Waals surface area contributed by atoms with E-state index in [9.17, 15) is 0 Å². The van der Waals surface area contributed by atoms with Gasteiger partial charge in [0.2, 0.25) is 5.16 Å². The van der Waals surface area contributed by atoms with E-state index >= 15 is 0 Å². The fraction of sp³-hybridized carbons (Fsp3) is 0.400. The summed E-state index contributed by atoms with van der Waals surface area (Å²) in [6, 6.07) is 3.78. The maximum Gasteiger partial charge on any atom is 0.209 e. The van der Waals surface area contributed by atoms with Crippen molar-refractivity contribution in [2.45, 2.75) is 11.7 Å². The lowest BCUT2D eigenvalue weighted by Crippen LogP contribution is -2.17. The number of benzene rings is 1. The SMILES string of the molecule is C=CCOc1c(Cl)cc(CNCCSc2nnnn2C)cc1OC.Cl. The number of tetrazole rings is 1. The highest BCUT2D eigenvalue weighted by molar-refractivity contribution is 7.99. The smallest absolute Gasteiger partial charge is 0.209 e. The van der Waals surface area contributed by atoms with Gasteiger partial charge in [0.1, 0.15) is 6.61 Å². The van der Waals surface area contributed by atoms with Crippen LogP contribution in [0.15, 0.2) is 29.9 Å². The largest absolute Gasteiger partial charge is 0.493 e. The van der Waals surface area contributed by atoms with Crippen molar-refractivity contribution < 1.29 is 9.47 Å². The Bertz CT molecular complexity index is 684. The van der Waals surface area contributed by atoms with Gasteiger partial charge in [-0.25, -0.2) is 4.68 Å². The molecule has 0 bridgehead atoms. The van der Waals surface area contributed by atoms with Gasteiger partial charge in [-0.2, -0.15) is 0 Å². The third kappa shape index (κ3) is 6.39. The fourth-order valence-corrected chi connectivity index (χ4v) is 2.98. The Labute approximate surface area is 162 Å². The highest BCUT2D eigenvalue weighted by Gasteiger charge is 2.11. The fourth-order valence-electron chi connectivity index (χ4n) is 1.95. The summed E-state index contributed by atoms with van der Waals surface area (Å²) in [6.45, 7) is 5.49. The molecule has 25 heavy (non-hydrogen) atoms. The molecule has 0 saturated heterocycles. The van der Waals surface area contributed by atoms with Crippen LogP contribution in [0.3, 0.4) is 0 Å². The zero-order chi connectivity index (χ0) is 17.4. The monoisotopic (exact) mass is 405 g/mol. The van der Waals surface area contributed by atoms with Gasteiger partial charge < -0.3 is 14.8 Å². The van der Waals surface area contributed by atoms with Crippen LogP contribution in [0.4, 0.5) is 0 Å². The van der Waals surface area contributed by atoms with Crippen molar-refractivity contribution in [3.63, 3.8) is 0 Å². The first-order chi connectivity index (χ1) is 11.7. The number of nitrogens with one attached hydrogen (secondary N) is 1. The number of nitrogens with zero attached hydrogens (tertiary/aromatic N) is 4. The number of halogens is 2. The van der Waals surface area contributed by atoms with Crippen LogP contribution in [-0.2, 0) is 13.6 Å². The summed E-state index contributed by atoms with van der Waals surface area (Å²) in [5, 5.41) is 16.0. The predicted octanol–water partition coefficient (Wildman–Crippen LogP) is 2.74. The number of aryl methyl sites for hydroxylation is 1. The maximum atomic E-state index is 6.28. The van der Waals surface area contributed by atoms with Crippen LogP contribution in [0.2, 0.25) is 5.02 Å². The minimum Gasteiger partial charge on any atom is -0.493 e. The van der Waals surface area contributed by atoms with Crippen molar-refractivity contribution in [2.75, 3.05) is 26.0 Å². The van der Waals surface area contributed by atoms with Crippen molar-refractivity contribution in [1.29, 1.82) is 0 Å². The van der Waals surface area contributed by atoms with Crippen molar-refractivity contribution >= 4 is 35.8 Å². The number of thioether (sulfide) groups is 1. The van der Waals surface area contributed by atoms with E-state index in [1.165, 1.54) is 0 Å². The molecule has 138 valence electrons. The van der Waals surface area contributed by atoms with Crippen LogP contribution >= 0.6 is 35.8 Å². The quantitative estimate of drug-likeness (QED) is 0.370. The van der Waals surface area contributed by atoms with E-state index in [1.807, 2.05) is 19.2 Å². The Morgan fingerprint density at radius 3 is 2.88 bits per heavy atom. The standard InChI is InChI=1S/C15H20ClN5O2S.ClH/c1-4-6-23-14-12(16)8-11(9-13(14)22-3)10-17-5-7-24-15-18-19-20-21(15)2;/h4,8-9,17H,1,5-7,10H2,2-3H3;1H. The van der Waals surface area contributed by atoms with E-state index in [1.54, 1.807) is 29.6 Å². The van der Waals surface area contributed by atoms with Crippen molar-refractivity contribution in [3.05, 3.63) is 35.4 Å². The first kappa shape index (κ1) is 21.6. The second-order valence-electron chi connectivity index (χ2n) is 4.82. The molecule has 0 spiro atoms. The summed E-state index contributed by atoms with van der Waals surface area (Å²) in [4.78, 5) is 0. The van der Waals surface area contributed by atoms with Gasteiger partial charge in [0.05, 0.1) is 12.1 Å². The normalized spacial score (nSPS) is 10.2. The molecule has 0 radical (unpaired) electrons. The number of hydrogen-bond donors (Lipinski definition) is 1. The van der Waals surface area contributed by atoms with Crippen LogP contribution in [0.1, 0.15) is 5.56 Å². The van der Waals surface area contributed by atoms with Gasteiger partial charge in [-0.05, 0) is 28.1 Å². The maximum absolute atomic E-state index is 6.28. The van der Waals surface area contributed by atoms with E-state index in [4.69, 9.17) is 21.1 Å². The van der Waals surface area contributed by atoms with Gasteiger partial charge in [-0.15, -0.1) is 17.5 Å². The van der Waals surface area contributed by atoms with Gasteiger partial charge in [-0.1, -0.05) is 36.0 Å². The molecule has 0 aliphatic heterocycles. The summed E-state index contributed by atoms with van der Waals surface area (Å²) in [5.41, 5.74) is 1.02. The van der Waals surface area contributed by atoms with E-state index in [0.717, 1.165) is 23.0 Å². The molecular formula is C15H21Cl2N5O2S. The topological polar surface area (TPSA) is 74.1 Å². The predicted molar refractivity (Wildman–Crippen MR) is 102 cm³/mol. The summed E-state index contributed by atoms with van der Waals surface area (Å²) in [7, 11) is 3.41. The average Bonchev–Trinajstić information content (AvgIpc) is 2.98. The van der Waals surface area contributed by atoms with Crippen LogP contribution in [0, 0.1) is 0 Å². The molecular weight excluding hydrogens is 385 g/mol. The minimum atomic E-state index is 0. The molecule has 2 aromatic rings. The molecule has 1 aromatic carbocycles. The number of rotatable bonds is 10. The van der Waals surface area contributed by atoms with Crippen LogP contribution < -0.4 is 14.8 Å². The number of ether oxygens (including phenoxy) is 2. The zero-order valence-electron chi connectivity index (χ0n) is 14.1.